The van der Waals surface area contributed by atoms with Gasteiger partial charge >= 0.3 is 6.01 Å². The molecule has 7 heteroatoms. The molecule has 2 atom stereocenters. The summed E-state index contributed by atoms with van der Waals surface area (Å²) < 4.78 is 5.08. The average Bonchev–Trinajstić information content (AvgIpc) is 2.42. The highest BCUT2D eigenvalue weighted by Crippen LogP contribution is 2.23. The number of ether oxygens (including phenoxy) is 1. The Morgan fingerprint density at radius 3 is 2.32 bits per heavy atom. The lowest BCUT2D eigenvalue weighted by Crippen LogP contribution is -2.47. The molecule has 1 aliphatic heterocycles. The minimum atomic E-state index is 0.305. The molecule has 0 saturated carbocycles. The number of rotatable bonds is 4. The van der Waals surface area contributed by atoms with Gasteiger partial charge in [0.2, 0.25) is 11.9 Å². The first-order valence-corrected chi connectivity index (χ1v) is 6.67. The topological polar surface area (TPSA) is 75.2 Å². The minimum absolute atomic E-state index is 0.305. The molecule has 0 aliphatic carbocycles. The average molecular weight is 266 g/mol. The Morgan fingerprint density at radius 2 is 1.74 bits per heavy atom. The predicted octanol–water partition coefficient (Wildman–Crippen LogP) is 1.51. The summed E-state index contributed by atoms with van der Waals surface area (Å²) in [6, 6.07) is 1.23. The maximum absolute atomic E-state index is 5.08. The monoisotopic (exact) mass is 266 g/mol. The lowest BCUT2D eigenvalue weighted by atomic mass is 10.00. The third-order valence-electron chi connectivity index (χ3n) is 3.44. The number of aromatic nitrogens is 3. The van der Waals surface area contributed by atoms with Crippen LogP contribution in [-0.2, 0) is 0 Å². The van der Waals surface area contributed by atoms with Crippen LogP contribution in [0.2, 0.25) is 0 Å². The van der Waals surface area contributed by atoms with Crippen molar-refractivity contribution in [1.82, 2.24) is 20.0 Å². The Balaban J connectivity index is 2.17. The quantitative estimate of drug-likeness (QED) is 0.855. The third kappa shape index (κ3) is 3.23. The highest BCUT2D eigenvalue weighted by molar-refractivity contribution is 5.34. The number of nitrogens with zero attached hydrogens (tertiary/aromatic N) is 4. The summed E-state index contributed by atoms with van der Waals surface area (Å²) in [6.07, 6.45) is 3.62. The van der Waals surface area contributed by atoms with Crippen LogP contribution in [0.15, 0.2) is 0 Å². The van der Waals surface area contributed by atoms with Crippen molar-refractivity contribution in [3.8, 4) is 6.01 Å². The summed E-state index contributed by atoms with van der Waals surface area (Å²) in [5.41, 5.74) is 3.28. The molecule has 1 fully saturated rings. The van der Waals surface area contributed by atoms with Gasteiger partial charge < -0.3 is 10.1 Å². The van der Waals surface area contributed by atoms with Gasteiger partial charge in [-0.3, -0.25) is 5.43 Å². The number of piperidine rings is 1. The summed E-state index contributed by atoms with van der Waals surface area (Å²) in [6.45, 7) is 4.42. The van der Waals surface area contributed by atoms with Crippen LogP contribution >= 0.6 is 0 Å². The number of nitrogens with one attached hydrogen (secondary N) is 2. The minimum Gasteiger partial charge on any atom is -0.467 e. The predicted molar refractivity (Wildman–Crippen MR) is 74.2 cm³/mol. The number of anilines is 2. The van der Waals surface area contributed by atoms with Crippen molar-refractivity contribution in [2.24, 2.45) is 0 Å². The molecule has 2 unspecified atom stereocenters. The van der Waals surface area contributed by atoms with Crippen LogP contribution in [0.1, 0.15) is 33.1 Å². The summed E-state index contributed by atoms with van der Waals surface area (Å²) in [5.74, 6) is 1.00. The van der Waals surface area contributed by atoms with Gasteiger partial charge in [-0.1, -0.05) is 6.42 Å². The first kappa shape index (κ1) is 13.8. The normalized spacial score (nSPS) is 24.0. The molecule has 0 radical (unpaired) electrons. The molecule has 19 heavy (non-hydrogen) atoms. The molecular formula is C12H22N6O. The van der Waals surface area contributed by atoms with Crippen molar-refractivity contribution < 1.29 is 4.74 Å². The standard InChI is InChI=1S/C12H22N6O/c1-8-6-5-7-9(2)18(8)17-11-14-10(13-3)15-12(16-11)19-4/h8-9H,5-7H2,1-4H3,(H2,13,14,15,16,17). The van der Waals surface area contributed by atoms with Crippen molar-refractivity contribution in [3.63, 3.8) is 0 Å². The molecule has 2 N–H and O–H groups in total. The summed E-state index contributed by atoms with van der Waals surface area (Å²) in [5, 5.41) is 5.11. The molecule has 2 rings (SSSR count). The fourth-order valence-corrected chi connectivity index (χ4v) is 2.37. The van der Waals surface area contributed by atoms with E-state index in [-0.39, 0.29) is 0 Å². The second kappa shape index (κ2) is 6.01. The largest absolute Gasteiger partial charge is 0.467 e. The maximum atomic E-state index is 5.08. The first-order chi connectivity index (χ1) is 9.13. The Morgan fingerprint density at radius 1 is 1.11 bits per heavy atom. The molecule has 0 bridgehead atoms. The molecule has 1 aromatic rings. The first-order valence-electron chi connectivity index (χ1n) is 6.67. The van der Waals surface area contributed by atoms with E-state index in [1.165, 1.54) is 19.3 Å². The molecule has 1 aromatic heterocycles. The SMILES string of the molecule is CNc1nc(NN2C(C)CCCC2C)nc(OC)n1. The zero-order valence-electron chi connectivity index (χ0n) is 12.0. The van der Waals surface area contributed by atoms with Crippen molar-refractivity contribution >= 4 is 11.9 Å². The number of hydrazine groups is 1. The van der Waals surface area contributed by atoms with Gasteiger partial charge in [0.05, 0.1) is 7.11 Å². The smallest absolute Gasteiger partial charge is 0.322 e. The van der Waals surface area contributed by atoms with Crippen LogP contribution in [-0.4, -0.2) is 46.2 Å². The van der Waals surface area contributed by atoms with Gasteiger partial charge in [0.25, 0.3) is 0 Å². The molecule has 2 heterocycles. The van der Waals surface area contributed by atoms with Gasteiger partial charge in [-0.25, -0.2) is 5.01 Å². The van der Waals surface area contributed by atoms with Crippen molar-refractivity contribution in [2.75, 3.05) is 24.9 Å². The Kier molecular flexibility index (Phi) is 4.36. The van der Waals surface area contributed by atoms with Crippen LogP contribution < -0.4 is 15.5 Å². The van der Waals surface area contributed by atoms with Crippen molar-refractivity contribution in [3.05, 3.63) is 0 Å². The van der Waals surface area contributed by atoms with Gasteiger partial charge in [0, 0.05) is 19.1 Å². The van der Waals surface area contributed by atoms with E-state index in [0.29, 0.717) is 30.0 Å². The van der Waals surface area contributed by atoms with E-state index in [2.05, 4.69) is 44.6 Å². The molecule has 7 nitrogen and oxygen atoms in total. The van der Waals surface area contributed by atoms with E-state index in [1.807, 2.05) is 0 Å². The third-order valence-corrected chi connectivity index (χ3v) is 3.44. The molecule has 0 aromatic carbocycles. The highest BCUT2D eigenvalue weighted by Gasteiger charge is 2.25. The van der Waals surface area contributed by atoms with E-state index < -0.39 is 0 Å². The van der Waals surface area contributed by atoms with Gasteiger partial charge in [0.15, 0.2) is 0 Å². The maximum Gasteiger partial charge on any atom is 0.322 e. The van der Waals surface area contributed by atoms with Crippen molar-refractivity contribution in [2.45, 2.75) is 45.2 Å². The number of hydrogen-bond donors (Lipinski definition) is 2. The zero-order chi connectivity index (χ0) is 13.8. The Labute approximate surface area is 113 Å². The van der Waals surface area contributed by atoms with E-state index in [9.17, 15) is 0 Å². The molecule has 0 amide bonds. The van der Waals surface area contributed by atoms with E-state index >= 15 is 0 Å². The van der Waals surface area contributed by atoms with Crippen LogP contribution in [0.3, 0.4) is 0 Å². The van der Waals surface area contributed by atoms with Gasteiger partial charge in [-0.2, -0.15) is 15.0 Å². The molecule has 0 spiro atoms. The Bertz CT molecular complexity index is 394. The van der Waals surface area contributed by atoms with Crippen molar-refractivity contribution in [1.29, 1.82) is 0 Å². The second-order valence-electron chi connectivity index (χ2n) is 4.87. The van der Waals surface area contributed by atoms with Crippen LogP contribution in [0.5, 0.6) is 6.01 Å². The van der Waals surface area contributed by atoms with E-state index in [1.54, 1.807) is 14.2 Å². The van der Waals surface area contributed by atoms with Crippen LogP contribution in [0.4, 0.5) is 11.9 Å². The van der Waals surface area contributed by atoms with Gasteiger partial charge in [0.1, 0.15) is 0 Å². The number of methoxy groups -OCH3 is 1. The summed E-state index contributed by atoms with van der Waals surface area (Å²) in [4.78, 5) is 12.6. The highest BCUT2D eigenvalue weighted by atomic mass is 16.5. The van der Waals surface area contributed by atoms with Crippen LogP contribution in [0.25, 0.3) is 0 Å². The zero-order valence-corrected chi connectivity index (χ0v) is 12.0. The fraction of sp³-hybridized carbons (Fsp3) is 0.750. The Hall–Kier alpha value is -1.63. The number of hydrogen-bond acceptors (Lipinski definition) is 7. The van der Waals surface area contributed by atoms with Gasteiger partial charge in [-0.15, -0.1) is 0 Å². The summed E-state index contributed by atoms with van der Waals surface area (Å²) in [7, 11) is 3.31. The second-order valence-corrected chi connectivity index (χ2v) is 4.87. The van der Waals surface area contributed by atoms with E-state index in [4.69, 9.17) is 4.74 Å². The van der Waals surface area contributed by atoms with Gasteiger partial charge in [-0.05, 0) is 26.7 Å². The summed E-state index contributed by atoms with van der Waals surface area (Å²) >= 11 is 0. The molecule has 1 saturated heterocycles. The lowest BCUT2D eigenvalue weighted by molar-refractivity contribution is 0.134. The molecule has 1 aliphatic rings. The fourth-order valence-electron chi connectivity index (χ4n) is 2.37. The van der Waals surface area contributed by atoms with Crippen LogP contribution in [0, 0.1) is 0 Å². The lowest BCUT2D eigenvalue weighted by Gasteiger charge is -2.38. The molecular weight excluding hydrogens is 244 g/mol. The molecule has 106 valence electrons. The van der Waals surface area contributed by atoms with E-state index in [0.717, 1.165) is 0 Å².